The van der Waals surface area contributed by atoms with Gasteiger partial charge in [0, 0.05) is 26.0 Å². The molecule has 1 N–H and O–H groups in total. The number of methoxy groups -OCH3 is 1. The Morgan fingerprint density at radius 1 is 1.33 bits per heavy atom. The van der Waals surface area contributed by atoms with E-state index in [0.717, 1.165) is 38.6 Å². The van der Waals surface area contributed by atoms with E-state index in [0.29, 0.717) is 12.5 Å². The highest BCUT2D eigenvalue weighted by atomic mass is 16.5. The van der Waals surface area contributed by atoms with Crippen LogP contribution in [0, 0.1) is 0 Å². The first-order chi connectivity index (χ1) is 8.61. The van der Waals surface area contributed by atoms with Crippen molar-refractivity contribution in [1.82, 2.24) is 5.32 Å². The van der Waals surface area contributed by atoms with Crippen molar-refractivity contribution < 1.29 is 14.3 Å². The van der Waals surface area contributed by atoms with Gasteiger partial charge in [-0.25, -0.2) is 0 Å². The number of hydrogen-bond acceptors (Lipinski definition) is 4. The number of esters is 1. The Hall–Kier alpha value is -0.610. The summed E-state index contributed by atoms with van der Waals surface area (Å²) in [5.74, 6) is -0.0673. The summed E-state index contributed by atoms with van der Waals surface area (Å²) in [7, 11) is 1.73. The van der Waals surface area contributed by atoms with Crippen molar-refractivity contribution in [3.63, 3.8) is 0 Å². The molecule has 2 atom stereocenters. The van der Waals surface area contributed by atoms with E-state index in [9.17, 15) is 4.79 Å². The summed E-state index contributed by atoms with van der Waals surface area (Å²) < 4.78 is 10.8. The second-order valence-electron chi connectivity index (χ2n) is 5.35. The van der Waals surface area contributed by atoms with Gasteiger partial charge >= 0.3 is 5.97 Å². The Morgan fingerprint density at radius 3 is 2.72 bits per heavy atom. The van der Waals surface area contributed by atoms with E-state index in [1.54, 1.807) is 7.11 Å². The fourth-order valence-corrected chi connectivity index (χ4v) is 2.29. The van der Waals surface area contributed by atoms with Crippen LogP contribution in [0.1, 0.15) is 52.4 Å². The van der Waals surface area contributed by atoms with Crippen LogP contribution in [0.2, 0.25) is 0 Å². The Labute approximate surface area is 110 Å². The fraction of sp³-hybridized carbons (Fsp3) is 0.929. The van der Waals surface area contributed by atoms with Gasteiger partial charge in [0.1, 0.15) is 6.10 Å². The van der Waals surface area contributed by atoms with Crippen LogP contribution in [0.25, 0.3) is 0 Å². The molecule has 0 aromatic heterocycles. The van der Waals surface area contributed by atoms with Crippen LogP contribution in [-0.2, 0) is 14.3 Å². The van der Waals surface area contributed by atoms with Crippen molar-refractivity contribution in [2.75, 3.05) is 13.7 Å². The molecular formula is C14H27NO3. The molecule has 1 fully saturated rings. The molecule has 2 unspecified atom stereocenters. The van der Waals surface area contributed by atoms with Crippen LogP contribution in [0.5, 0.6) is 0 Å². The van der Waals surface area contributed by atoms with Gasteiger partial charge in [0.2, 0.25) is 0 Å². The van der Waals surface area contributed by atoms with E-state index in [1.807, 2.05) is 0 Å². The lowest BCUT2D eigenvalue weighted by Crippen LogP contribution is -2.29. The standard InChI is InChI=1S/C14H27NO3/c1-11(2)15-9-5-8-14(16)18-13-7-4-6-12(10-13)17-3/h11-13,15H,4-10H2,1-3H3. The van der Waals surface area contributed by atoms with Crippen LogP contribution in [0.15, 0.2) is 0 Å². The molecule has 0 heterocycles. The Bertz CT molecular complexity index is 243. The van der Waals surface area contributed by atoms with Crippen LogP contribution >= 0.6 is 0 Å². The summed E-state index contributed by atoms with van der Waals surface area (Å²) in [4.78, 5) is 11.7. The van der Waals surface area contributed by atoms with Gasteiger partial charge in [-0.1, -0.05) is 13.8 Å². The van der Waals surface area contributed by atoms with Gasteiger partial charge in [-0.15, -0.1) is 0 Å². The quantitative estimate of drug-likeness (QED) is 0.561. The lowest BCUT2D eigenvalue weighted by molar-refractivity contribution is -0.152. The van der Waals surface area contributed by atoms with Gasteiger partial charge in [0.05, 0.1) is 6.10 Å². The largest absolute Gasteiger partial charge is 0.462 e. The summed E-state index contributed by atoms with van der Waals surface area (Å²) >= 11 is 0. The number of carbonyl (C=O) groups excluding carboxylic acids is 1. The maximum Gasteiger partial charge on any atom is 0.306 e. The van der Waals surface area contributed by atoms with Crippen molar-refractivity contribution in [3.8, 4) is 0 Å². The molecule has 1 aliphatic rings. The van der Waals surface area contributed by atoms with Gasteiger partial charge in [-0.3, -0.25) is 4.79 Å². The van der Waals surface area contributed by atoms with Crippen molar-refractivity contribution in [2.45, 2.75) is 70.6 Å². The number of hydrogen-bond donors (Lipinski definition) is 1. The van der Waals surface area contributed by atoms with E-state index in [4.69, 9.17) is 9.47 Å². The smallest absolute Gasteiger partial charge is 0.306 e. The number of ether oxygens (including phenoxy) is 2. The molecule has 4 heteroatoms. The SMILES string of the molecule is COC1CCCC(OC(=O)CCCNC(C)C)C1. The molecule has 0 aliphatic heterocycles. The van der Waals surface area contributed by atoms with Crippen molar-refractivity contribution >= 4 is 5.97 Å². The van der Waals surface area contributed by atoms with Crippen LogP contribution in [-0.4, -0.2) is 37.9 Å². The molecule has 0 spiro atoms. The highest BCUT2D eigenvalue weighted by Gasteiger charge is 2.24. The van der Waals surface area contributed by atoms with Crippen molar-refractivity contribution in [1.29, 1.82) is 0 Å². The summed E-state index contributed by atoms with van der Waals surface area (Å²) in [6.07, 6.45) is 5.69. The van der Waals surface area contributed by atoms with E-state index >= 15 is 0 Å². The zero-order chi connectivity index (χ0) is 13.4. The van der Waals surface area contributed by atoms with E-state index in [1.165, 1.54) is 0 Å². The molecule has 1 saturated carbocycles. The Morgan fingerprint density at radius 2 is 2.06 bits per heavy atom. The first-order valence-corrected chi connectivity index (χ1v) is 7.07. The number of carbonyl (C=O) groups is 1. The van der Waals surface area contributed by atoms with Gasteiger partial charge in [-0.05, 0) is 32.2 Å². The highest BCUT2D eigenvalue weighted by molar-refractivity contribution is 5.69. The van der Waals surface area contributed by atoms with E-state index in [-0.39, 0.29) is 18.2 Å². The summed E-state index contributed by atoms with van der Waals surface area (Å²) in [5.41, 5.74) is 0. The minimum Gasteiger partial charge on any atom is -0.462 e. The maximum atomic E-state index is 11.7. The predicted molar refractivity (Wildman–Crippen MR) is 71.5 cm³/mol. The first-order valence-electron chi connectivity index (χ1n) is 7.07. The number of rotatable bonds is 7. The van der Waals surface area contributed by atoms with Gasteiger partial charge < -0.3 is 14.8 Å². The normalized spacial score (nSPS) is 24.2. The lowest BCUT2D eigenvalue weighted by Gasteiger charge is -2.27. The Balaban J connectivity index is 2.11. The van der Waals surface area contributed by atoms with Crippen molar-refractivity contribution in [3.05, 3.63) is 0 Å². The van der Waals surface area contributed by atoms with E-state index in [2.05, 4.69) is 19.2 Å². The number of nitrogens with one attached hydrogen (secondary N) is 1. The van der Waals surface area contributed by atoms with Gasteiger partial charge in [-0.2, -0.15) is 0 Å². The Kier molecular flexibility index (Phi) is 7.28. The van der Waals surface area contributed by atoms with E-state index < -0.39 is 0 Å². The zero-order valence-electron chi connectivity index (χ0n) is 11.9. The average Bonchev–Trinajstić information content (AvgIpc) is 2.34. The summed E-state index contributed by atoms with van der Waals surface area (Å²) in [6.45, 7) is 5.08. The minimum atomic E-state index is -0.0673. The lowest BCUT2D eigenvalue weighted by atomic mass is 9.95. The van der Waals surface area contributed by atoms with Crippen LogP contribution in [0.4, 0.5) is 0 Å². The van der Waals surface area contributed by atoms with Crippen LogP contribution in [0.3, 0.4) is 0 Å². The molecule has 1 rings (SSSR count). The zero-order valence-corrected chi connectivity index (χ0v) is 11.9. The molecule has 106 valence electrons. The molecule has 1 aliphatic carbocycles. The topological polar surface area (TPSA) is 47.6 Å². The van der Waals surface area contributed by atoms with Crippen LogP contribution < -0.4 is 5.32 Å². The average molecular weight is 257 g/mol. The molecule has 4 nitrogen and oxygen atoms in total. The molecule has 0 radical (unpaired) electrons. The third-order valence-electron chi connectivity index (χ3n) is 3.32. The molecule has 0 saturated heterocycles. The fourth-order valence-electron chi connectivity index (χ4n) is 2.29. The predicted octanol–water partition coefficient (Wildman–Crippen LogP) is 2.27. The molecule has 0 aromatic rings. The molecular weight excluding hydrogens is 230 g/mol. The summed E-state index contributed by atoms with van der Waals surface area (Å²) in [5, 5.41) is 3.29. The second kappa shape index (κ2) is 8.48. The molecule has 0 bridgehead atoms. The first kappa shape index (κ1) is 15.4. The monoisotopic (exact) mass is 257 g/mol. The molecule has 0 amide bonds. The van der Waals surface area contributed by atoms with Gasteiger partial charge in [0.15, 0.2) is 0 Å². The van der Waals surface area contributed by atoms with Gasteiger partial charge in [0.25, 0.3) is 0 Å². The molecule has 0 aromatic carbocycles. The molecule has 18 heavy (non-hydrogen) atoms. The highest BCUT2D eigenvalue weighted by Crippen LogP contribution is 2.23. The third-order valence-corrected chi connectivity index (χ3v) is 3.32. The third kappa shape index (κ3) is 6.36. The second-order valence-corrected chi connectivity index (χ2v) is 5.35. The minimum absolute atomic E-state index is 0.0641. The summed E-state index contributed by atoms with van der Waals surface area (Å²) in [6, 6.07) is 0.474. The maximum absolute atomic E-state index is 11.7. The van der Waals surface area contributed by atoms with Crippen molar-refractivity contribution in [2.24, 2.45) is 0 Å².